The number of hydrogen-bond donors (Lipinski definition) is 2. The Bertz CT molecular complexity index is 691. The van der Waals surface area contributed by atoms with Gasteiger partial charge in [-0.1, -0.05) is 24.3 Å². The van der Waals surface area contributed by atoms with E-state index in [9.17, 15) is 0 Å². The summed E-state index contributed by atoms with van der Waals surface area (Å²) in [6.07, 6.45) is 0. The largest absolute Gasteiger partial charge is 0.468 e. The van der Waals surface area contributed by atoms with Crippen molar-refractivity contribution in [3.05, 3.63) is 36.4 Å². The molecule has 112 valence electrons. The van der Waals surface area contributed by atoms with E-state index < -0.39 is 0 Å². The molecule has 1 fully saturated rings. The van der Waals surface area contributed by atoms with Crippen LogP contribution < -0.4 is 10.5 Å². The van der Waals surface area contributed by atoms with Crippen molar-refractivity contribution in [2.24, 2.45) is 0 Å². The van der Waals surface area contributed by atoms with E-state index >= 15 is 0 Å². The summed E-state index contributed by atoms with van der Waals surface area (Å²) in [5.74, 6) is 0. The summed E-state index contributed by atoms with van der Waals surface area (Å²) in [7, 11) is -0.339. The predicted molar refractivity (Wildman–Crippen MR) is 93.0 cm³/mol. The zero-order valence-electron chi connectivity index (χ0n) is 13.4. The molecule has 4 nitrogen and oxygen atoms in total. The van der Waals surface area contributed by atoms with Gasteiger partial charge in [0.2, 0.25) is 0 Å². The van der Waals surface area contributed by atoms with Crippen LogP contribution >= 0.6 is 0 Å². The maximum absolute atomic E-state index is 6.17. The zero-order valence-corrected chi connectivity index (χ0v) is 13.4. The molecule has 6 heteroatoms. The lowest BCUT2D eigenvalue weighted by atomic mass is 9.40. The third kappa shape index (κ3) is 1.94. The molecule has 0 radical (unpaired) electrons. The smallest absolute Gasteiger partial charge is 0.411 e. The standard InChI is InChI=1S/C16H20B2N2O2/c1-15(2)16(3,4)22-18(21-15)17-19-12-9-5-7-11-8-6-10-13(20-17)14(11)12/h5-10,19-20H,1-4H3. The van der Waals surface area contributed by atoms with E-state index in [1.165, 1.54) is 10.8 Å². The highest BCUT2D eigenvalue weighted by Crippen LogP contribution is 2.40. The maximum atomic E-state index is 6.17. The summed E-state index contributed by atoms with van der Waals surface area (Å²) in [6.45, 7) is 8.19. The van der Waals surface area contributed by atoms with E-state index in [-0.39, 0.29) is 25.1 Å². The third-order valence-electron chi connectivity index (χ3n) is 5.07. The van der Waals surface area contributed by atoms with Crippen LogP contribution in [0.25, 0.3) is 10.8 Å². The van der Waals surface area contributed by atoms with E-state index in [4.69, 9.17) is 9.31 Å². The van der Waals surface area contributed by atoms with Gasteiger partial charge in [-0.2, -0.15) is 0 Å². The van der Waals surface area contributed by atoms with Crippen molar-refractivity contribution in [3.8, 4) is 0 Å². The van der Waals surface area contributed by atoms with Crippen LogP contribution in [0.1, 0.15) is 27.7 Å². The molecular weight excluding hydrogens is 274 g/mol. The van der Waals surface area contributed by atoms with Crippen molar-refractivity contribution in [2.75, 3.05) is 10.5 Å². The molecule has 2 aliphatic rings. The van der Waals surface area contributed by atoms with Gasteiger partial charge in [0, 0.05) is 16.8 Å². The second kappa shape index (κ2) is 4.43. The van der Waals surface area contributed by atoms with E-state index in [1.54, 1.807) is 0 Å². The maximum Gasteiger partial charge on any atom is 0.468 e. The van der Waals surface area contributed by atoms with Crippen LogP contribution in [0.15, 0.2) is 36.4 Å². The molecule has 0 aromatic heterocycles. The van der Waals surface area contributed by atoms with Crippen LogP contribution in [0.3, 0.4) is 0 Å². The minimum atomic E-state index is -0.339. The first-order valence-corrected chi connectivity index (χ1v) is 7.78. The van der Waals surface area contributed by atoms with Gasteiger partial charge in [0.25, 0.3) is 0 Å². The van der Waals surface area contributed by atoms with Crippen molar-refractivity contribution in [1.29, 1.82) is 0 Å². The molecule has 2 aliphatic heterocycles. The number of rotatable bonds is 1. The third-order valence-corrected chi connectivity index (χ3v) is 5.07. The van der Waals surface area contributed by atoms with Gasteiger partial charge < -0.3 is 19.8 Å². The van der Waals surface area contributed by atoms with E-state index in [0.29, 0.717) is 0 Å². The second-order valence-corrected chi connectivity index (χ2v) is 7.10. The predicted octanol–water partition coefficient (Wildman–Crippen LogP) is 3.34. The molecule has 0 atom stereocenters. The van der Waals surface area contributed by atoms with Crippen LogP contribution in [0.4, 0.5) is 11.4 Å². The monoisotopic (exact) mass is 294 g/mol. The minimum absolute atomic E-state index is 0.110. The summed E-state index contributed by atoms with van der Waals surface area (Å²) < 4.78 is 12.3. The fourth-order valence-electron chi connectivity index (χ4n) is 3.11. The Hall–Kier alpha value is -1.65. The Balaban J connectivity index is 1.68. The Morgan fingerprint density at radius 1 is 0.818 bits per heavy atom. The average molecular weight is 294 g/mol. The molecule has 0 spiro atoms. The fourth-order valence-corrected chi connectivity index (χ4v) is 3.11. The minimum Gasteiger partial charge on any atom is -0.411 e. The van der Waals surface area contributed by atoms with Gasteiger partial charge in [0.05, 0.1) is 11.2 Å². The summed E-state index contributed by atoms with van der Waals surface area (Å²) in [5.41, 5.74) is 1.58. The summed E-state index contributed by atoms with van der Waals surface area (Å²) in [5, 5.41) is 9.48. The van der Waals surface area contributed by atoms with Gasteiger partial charge in [-0.05, 0) is 45.2 Å². The van der Waals surface area contributed by atoms with E-state index in [1.807, 2.05) is 0 Å². The molecule has 2 heterocycles. The molecule has 0 bridgehead atoms. The van der Waals surface area contributed by atoms with Crippen molar-refractivity contribution >= 4 is 36.0 Å². The molecule has 1 saturated heterocycles. The molecule has 0 saturated carbocycles. The topological polar surface area (TPSA) is 42.5 Å². The molecule has 0 unspecified atom stereocenters. The number of hydrogen-bond acceptors (Lipinski definition) is 4. The highest BCUT2D eigenvalue weighted by atomic mass is 16.7. The first-order valence-electron chi connectivity index (χ1n) is 7.78. The molecular formula is C16H20B2N2O2. The van der Waals surface area contributed by atoms with Crippen LogP contribution in [-0.4, -0.2) is 25.1 Å². The van der Waals surface area contributed by atoms with Crippen molar-refractivity contribution < 1.29 is 9.31 Å². The van der Waals surface area contributed by atoms with Gasteiger partial charge in [-0.3, -0.25) is 0 Å². The van der Waals surface area contributed by atoms with Crippen LogP contribution in [0.5, 0.6) is 0 Å². The van der Waals surface area contributed by atoms with Crippen molar-refractivity contribution in [2.45, 2.75) is 38.9 Å². The summed E-state index contributed by atoms with van der Waals surface area (Å²) in [6, 6.07) is 12.6. The van der Waals surface area contributed by atoms with Gasteiger partial charge in [0.15, 0.2) is 0 Å². The van der Waals surface area contributed by atoms with Gasteiger partial charge >= 0.3 is 13.9 Å². The lowest BCUT2D eigenvalue weighted by Crippen LogP contribution is -2.52. The lowest BCUT2D eigenvalue weighted by Gasteiger charge is -2.32. The molecule has 2 aromatic rings. The summed E-state index contributed by atoms with van der Waals surface area (Å²) >= 11 is 0. The Morgan fingerprint density at radius 3 is 1.82 bits per heavy atom. The molecule has 4 rings (SSSR count). The van der Waals surface area contributed by atoms with Crippen molar-refractivity contribution in [1.82, 2.24) is 0 Å². The quantitative estimate of drug-likeness (QED) is 0.792. The van der Waals surface area contributed by atoms with Gasteiger partial charge in [-0.25, -0.2) is 0 Å². The number of nitrogens with one attached hydrogen (secondary N) is 2. The highest BCUT2D eigenvalue weighted by molar-refractivity contribution is 7.20. The number of anilines is 2. The molecule has 22 heavy (non-hydrogen) atoms. The molecule has 2 aromatic carbocycles. The Morgan fingerprint density at radius 2 is 1.32 bits per heavy atom. The first-order chi connectivity index (χ1) is 10.4. The zero-order chi connectivity index (χ0) is 15.5. The summed E-state index contributed by atoms with van der Waals surface area (Å²) in [4.78, 5) is 0. The average Bonchev–Trinajstić information content (AvgIpc) is 2.68. The second-order valence-electron chi connectivity index (χ2n) is 7.10. The Kier molecular flexibility index (Phi) is 2.81. The lowest BCUT2D eigenvalue weighted by molar-refractivity contribution is 0.00578. The van der Waals surface area contributed by atoms with Gasteiger partial charge in [0.1, 0.15) is 0 Å². The molecule has 2 N–H and O–H groups in total. The van der Waals surface area contributed by atoms with Crippen LogP contribution in [0.2, 0.25) is 0 Å². The van der Waals surface area contributed by atoms with Crippen molar-refractivity contribution in [3.63, 3.8) is 0 Å². The molecule has 0 amide bonds. The molecule has 0 aliphatic carbocycles. The van der Waals surface area contributed by atoms with E-state index in [0.717, 1.165) is 11.4 Å². The SMILES string of the molecule is CC1(C)OB(B2Nc3cccc4cccc(c34)N2)OC1(C)C. The highest BCUT2D eigenvalue weighted by Gasteiger charge is 2.56. The van der Waals surface area contributed by atoms with E-state index in [2.05, 4.69) is 74.5 Å². The normalized spacial score (nSPS) is 21.6. The fraction of sp³-hybridized carbons (Fsp3) is 0.375. The first kappa shape index (κ1) is 14.0. The van der Waals surface area contributed by atoms with Crippen LogP contribution in [-0.2, 0) is 9.31 Å². The van der Waals surface area contributed by atoms with Crippen LogP contribution in [0, 0.1) is 0 Å². The number of benzene rings is 2. The Labute approximate surface area is 131 Å². The van der Waals surface area contributed by atoms with Gasteiger partial charge in [-0.15, -0.1) is 0 Å².